The molecule has 3 aromatic carbocycles. The van der Waals surface area contributed by atoms with Crippen LogP contribution in [-0.4, -0.2) is 70.4 Å². The highest BCUT2D eigenvalue weighted by atomic mass is 32.2. The van der Waals surface area contributed by atoms with Crippen LogP contribution < -0.4 is 5.73 Å². The molecule has 2 saturated heterocycles. The summed E-state index contributed by atoms with van der Waals surface area (Å²) in [6.07, 6.45) is 0.0580. The van der Waals surface area contributed by atoms with Crippen molar-refractivity contribution >= 4 is 24.0 Å². The number of carbonyl (C=O) groups is 2. The van der Waals surface area contributed by atoms with E-state index < -0.39 is 30.0 Å². The van der Waals surface area contributed by atoms with Crippen LogP contribution in [0.3, 0.4) is 0 Å². The fourth-order valence-corrected chi connectivity index (χ4v) is 6.58. The summed E-state index contributed by atoms with van der Waals surface area (Å²) in [5.74, 6) is -0.899. The Morgan fingerprint density at radius 2 is 1.74 bits per heavy atom. The second-order valence-electron chi connectivity index (χ2n) is 12.7. The molecule has 2 amide bonds. The third-order valence-corrected chi connectivity index (χ3v) is 9.33. The van der Waals surface area contributed by atoms with Crippen LogP contribution in [0.2, 0.25) is 0 Å². The normalized spacial score (nSPS) is 19.3. The van der Waals surface area contributed by atoms with Gasteiger partial charge in [-0.05, 0) is 91.6 Å². The Morgan fingerprint density at radius 3 is 2.40 bits per heavy atom. The number of halogens is 2. The number of rotatable bonds is 10. The molecule has 0 spiro atoms. The largest absolute Gasteiger partial charge is 0.447 e. The molecule has 0 saturated carbocycles. The van der Waals surface area contributed by atoms with Gasteiger partial charge in [0.2, 0.25) is 5.91 Å². The van der Waals surface area contributed by atoms with E-state index >= 15 is 4.39 Å². The van der Waals surface area contributed by atoms with Crippen LogP contribution in [-0.2, 0) is 27.3 Å². The second kappa shape index (κ2) is 15.6. The van der Waals surface area contributed by atoms with Crippen molar-refractivity contribution in [2.24, 2.45) is 5.73 Å². The molecule has 2 heterocycles. The lowest BCUT2D eigenvalue weighted by Crippen LogP contribution is -2.45. The van der Waals surface area contributed by atoms with E-state index in [0.717, 1.165) is 35.1 Å². The van der Waals surface area contributed by atoms with Crippen molar-refractivity contribution in [1.82, 2.24) is 9.80 Å². The zero-order chi connectivity index (χ0) is 33.7. The van der Waals surface area contributed by atoms with Crippen molar-refractivity contribution < 1.29 is 32.4 Å². The number of amides is 2. The molecule has 47 heavy (non-hydrogen) atoms. The molecule has 252 valence electrons. The van der Waals surface area contributed by atoms with Crippen molar-refractivity contribution in [2.75, 3.05) is 19.6 Å². The number of likely N-dealkylation sites (tertiary alicyclic amines) is 2. The van der Waals surface area contributed by atoms with Gasteiger partial charge in [0.05, 0.1) is 37.4 Å². The van der Waals surface area contributed by atoms with Crippen LogP contribution in [0.4, 0.5) is 13.6 Å². The zero-order valence-electron chi connectivity index (χ0n) is 27.0. The maximum Gasteiger partial charge on any atom is 0.410 e. The molecule has 0 aromatic heterocycles. The minimum absolute atomic E-state index is 0.0231. The van der Waals surface area contributed by atoms with Crippen molar-refractivity contribution in [3.63, 3.8) is 0 Å². The topological polar surface area (TPSA) is 105 Å². The Morgan fingerprint density at radius 1 is 1.04 bits per heavy atom. The van der Waals surface area contributed by atoms with E-state index in [1.54, 1.807) is 29.2 Å². The molecule has 0 bridgehead atoms. The first kappa shape index (κ1) is 34.8. The molecule has 5 rings (SSSR count). The molecule has 3 unspecified atom stereocenters. The molecule has 3 atom stereocenters. The zero-order valence-corrected chi connectivity index (χ0v) is 27.8. The summed E-state index contributed by atoms with van der Waals surface area (Å²) in [6, 6.07) is 16.4. The van der Waals surface area contributed by atoms with E-state index in [2.05, 4.69) is 0 Å². The minimum atomic E-state index is -1.20. The summed E-state index contributed by atoms with van der Waals surface area (Å²) in [6.45, 7) is 7.12. The third-order valence-electron chi connectivity index (χ3n) is 8.87. The van der Waals surface area contributed by atoms with Gasteiger partial charge in [-0.2, -0.15) is 0 Å². The summed E-state index contributed by atoms with van der Waals surface area (Å²) in [5.41, 5.74) is 10.8. The predicted octanol–water partition coefficient (Wildman–Crippen LogP) is 7.07. The molecule has 3 N–H and O–H groups in total. The molecule has 2 fully saturated rings. The third kappa shape index (κ3) is 8.70. The first-order chi connectivity index (χ1) is 22.5. The molecule has 8 nitrogen and oxygen atoms in total. The summed E-state index contributed by atoms with van der Waals surface area (Å²) in [4.78, 5) is 29.3. The van der Waals surface area contributed by atoms with Gasteiger partial charge in [0.15, 0.2) is 0 Å². The second-order valence-corrected chi connectivity index (χ2v) is 13.3. The predicted molar refractivity (Wildman–Crippen MR) is 178 cm³/mol. The highest BCUT2D eigenvalue weighted by molar-refractivity contribution is 7.93. The van der Waals surface area contributed by atoms with Crippen LogP contribution in [0.25, 0.3) is 11.1 Å². The summed E-state index contributed by atoms with van der Waals surface area (Å²) in [5, 5.41) is 0. The summed E-state index contributed by atoms with van der Waals surface area (Å²) >= 11 is 0.597. The van der Waals surface area contributed by atoms with Gasteiger partial charge in [-0.15, -0.1) is 0 Å². The van der Waals surface area contributed by atoms with Gasteiger partial charge in [-0.25, -0.2) is 13.6 Å². The first-order valence-electron chi connectivity index (χ1n) is 16.1. The Labute approximate surface area is 279 Å². The van der Waals surface area contributed by atoms with E-state index in [1.807, 2.05) is 51.1 Å². The SMILES string of the molecule is Cc1ccc(SO)cc1C1CC(F)CN1C(=O)C(N)Cc1ccc(-c2ccc(COC3CCN(C(=O)OC(C)C)CC3)cc2)cc1F. The number of carbonyl (C=O) groups excluding carboxylic acids is 2. The fraction of sp³-hybridized carbons (Fsp3) is 0.444. The van der Waals surface area contributed by atoms with E-state index in [1.165, 1.54) is 11.0 Å². The smallest absolute Gasteiger partial charge is 0.410 e. The molecular formula is C36H43F2N3O5S. The average Bonchev–Trinajstić information content (AvgIpc) is 3.45. The number of alkyl halides is 1. The number of hydrogen-bond acceptors (Lipinski definition) is 7. The number of aryl methyl sites for hydroxylation is 1. The van der Waals surface area contributed by atoms with E-state index in [9.17, 15) is 18.5 Å². The lowest BCUT2D eigenvalue weighted by atomic mass is 9.97. The Hall–Kier alpha value is -3.51. The van der Waals surface area contributed by atoms with Gasteiger partial charge in [0.25, 0.3) is 0 Å². The van der Waals surface area contributed by atoms with Gasteiger partial charge >= 0.3 is 6.09 Å². The number of hydrogen-bond donors (Lipinski definition) is 2. The fourth-order valence-electron chi connectivity index (χ4n) is 6.28. The molecule has 2 aliphatic heterocycles. The van der Waals surface area contributed by atoms with Crippen LogP contribution in [0.15, 0.2) is 65.6 Å². The van der Waals surface area contributed by atoms with E-state index in [-0.39, 0.29) is 37.7 Å². The Bertz CT molecular complexity index is 1550. The van der Waals surface area contributed by atoms with E-state index in [0.29, 0.717) is 47.8 Å². The molecule has 2 aliphatic rings. The van der Waals surface area contributed by atoms with Crippen molar-refractivity contribution in [1.29, 1.82) is 0 Å². The van der Waals surface area contributed by atoms with Gasteiger partial charge < -0.3 is 29.6 Å². The van der Waals surface area contributed by atoms with Crippen LogP contribution in [0.5, 0.6) is 0 Å². The molecule has 0 aliphatic carbocycles. The monoisotopic (exact) mass is 667 g/mol. The van der Waals surface area contributed by atoms with Crippen LogP contribution in [0.1, 0.15) is 61.4 Å². The van der Waals surface area contributed by atoms with Gasteiger partial charge in [-0.3, -0.25) is 4.79 Å². The van der Waals surface area contributed by atoms with Gasteiger partial charge in [0.1, 0.15) is 12.0 Å². The van der Waals surface area contributed by atoms with Crippen molar-refractivity contribution in [2.45, 2.75) is 88.4 Å². The minimum Gasteiger partial charge on any atom is -0.447 e. The van der Waals surface area contributed by atoms with Crippen LogP contribution >= 0.6 is 12.0 Å². The lowest BCUT2D eigenvalue weighted by Gasteiger charge is -2.31. The Kier molecular flexibility index (Phi) is 11.5. The maximum atomic E-state index is 15.3. The quantitative estimate of drug-likeness (QED) is 0.223. The van der Waals surface area contributed by atoms with Crippen LogP contribution in [0, 0.1) is 12.7 Å². The number of piperidine rings is 1. The highest BCUT2D eigenvalue weighted by Crippen LogP contribution is 2.37. The van der Waals surface area contributed by atoms with Gasteiger partial charge in [0, 0.05) is 36.4 Å². The standard InChI is InChI=1S/C36H43F2N3O5S/c1-22(2)46-36(43)40-14-12-29(13-15-40)45-21-24-5-7-25(8-6-24)26-9-10-27(32(38)16-26)17-33(39)35(42)41-20-28(37)18-34(41)31-19-30(47-44)11-4-23(31)3/h4-11,16,19,22,28-29,33-34,44H,12-15,17-18,20-21,39H2,1-3H3. The van der Waals surface area contributed by atoms with Crippen molar-refractivity contribution in [3.05, 3.63) is 88.7 Å². The van der Waals surface area contributed by atoms with Gasteiger partial charge in [-0.1, -0.05) is 42.5 Å². The Balaban J connectivity index is 1.15. The highest BCUT2D eigenvalue weighted by Gasteiger charge is 2.39. The van der Waals surface area contributed by atoms with Crippen molar-refractivity contribution in [3.8, 4) is 11.1 Å². The number of ether oxygens (including phenoxy) is 2. The molecule has 3 aromatic rings. The summed E-state index contributed by atoms with van der Waals surface area (Å²) in [7, 11) is 0. The number of nitrogens with zero attached hydrogens (tertiary/aromatic N) is 2. The van der Waals surface area contributed by atoms with E-state index in [4.69, 9.17) is 15.2 Å². The molecular weight excluding hydrogens is 624 g/mol. The number of benzene rings is 3. The maximum absolute atomic E-state index is 15.3. The first-order valence-corrected chi connectivity index (χ1v) is 16.9. The molecule has 0 radical (unpaired) electrons. The molecule has 11 heteroatoms. The number of nitrogens with two attached hydrogens (primary N) is 1. The summed E-state index contributed by atoms with van der Waals surface area (Å²) < 4.78 is 50.8. The lowest BCUT2D eigenvalue weighted by molar-refractivity contribution is -0.133. The average molecular weight is 668 g/mol.